The molecule has 0 saturated carbocycles. The first-order valence-corrected chi connectivity index (χ1v) is 17.7. The van der Waals surface area contributed by atoms with E-state index in [1.807, 2.05) is 0 Å². The molecule has 280 valence electrons. The monoisotopic (exact) mass is 724 g/mol. The summed E-state index contributed by atoms with van der Waals surface area (Å²) in [6.07, 6.45) is 6.03. The highest BCUT2D eigenvalue weighted by atomic mass is 16.6. The molecule has 4 aromatic rings. The molecule has 4 rings (SSSR count). The molecule has 2 amide bonds. The molecule has 1 unspecified atom stereocenters. The standard InChI is InChI=1S/C42H48N2O9/c1-6-7-8-9-10-23-52-34-19-15-32(16-20-34)42(48)53-37-22-12-29(25-39(37)51-5)24-35(28(2)45)44-41(47)31-13-17-33(18-14-31)43-40(46)27-30-11-21-36(49-3)38(26-30)50-4/h11-22,25-26,35H,6-10,23-24,27H2,1-5H3,(H,43,46)(H,44,47). The van der Waals surface area contributed by atoms with Gasteiger partial charge < -0.3 is 34.3 Å². The van der Waals surface area contributed by atoms with Crippen LogP contribution in [0.1, 0.15) is 77.8 Å². The molecule has 1 atom stereocenters. The minimum Gasteiger partial charge on any atom is -0.494 e. The van der Waals surface area contributed by atoms with Gasteiger partial charge in [0, 0.05) is 11.3 Å². The fraction of sp³-hybridized carbons (Fsp3) is 0.333. The lowest BCUT2D eigenvalue weighted by molar-refractivity contribution is -0.119. The fourth-order valence-electron chi connectivity index (χ4n) is 5.52. The van der Waals surface area contributed by atoms with Crippen LogP contribution in [0.15, 0.2) is 84.9 Å². The first-order valence-electron chi connectivity index (χ1n) is 17.7. The van der Waals surface area contributed by atoms with Crippen molar-refractivity contribution >= 4 is 29.3 Å². The Morgan fingerprint density at radius 2 is 1.26 bits per heavy atom. The second-order valence-electron chi connectivity index (χ2n) is 12.5. The summed E-state index contributed by atoms with van der Waals surface area (Å²) >= 11 is 0. The number of nitrogens with one attached hydrogen (secondary N) is 2. The molecule has 0 saturated heterocycles. The number of rotatable bonds is 20. The molecule has 0 spiro atoms. The van der Waals surface area contributed by atoms with E-state index in [1.165, 1.54) is 40.4 Å². The van der Waals surface area contributed by atoms with Gasteiger partial charge in [0.1, 0.15) is 5.75 Å². The van der Waals surface area contributed by atoms with E-state index in [0.29, 0.717) is 52.0 Å². The molecular weight excluding hydrogens is 676 g/mol. The average Bonchev–Trinajstić information content (AvgIpc) is 3.16. The zero-order valence-electron chi connectivity index (χ0n) is 31.0. The van der Waals surface area contributed by atoms with Gasteiger partial charge in [0.15, 0.2) is 28.8 Å². The third kappa shape index (κ3) is 12.1. The Kier molecular flexibility index (Phi) is 15.3. The number of ketones is 1. The largest absolute Gasteiger partial charge is 0.494 e. The van der Waals surface area contributed by atoms with E-state index in [9.17, 15) is 19.2 Å². The normalized spacial score (nSPS) is 11.2. The van der Waals surface area contributed by atoms with Crippen LogP contribution in [-0.4, -0.2) is 57.5 Å². The summed E-state index contributed by atoms with van der Waals surface area (Å²) in [7, 11) is 4.53. The van der Waals surface area contributed by atoms with Crippen molar-refractivity contribution in [2.24, 2.45) is 0 Å². The Labute approximate surface area is 310 Å². The number of benzene rings is 4. The first kappa shape index (κ1) is 39.9. The van der Waals surface area contributed by atoms with Crippen molar-refractivity contribution in [1.82, 2.24) is 5.32 Å². The minimum atomic E-state index is -0.835. The SMILES string of the molecule is CCCCCCCOc1ccc(C(=O)Oc2ccc(CC(NC(=O)c3ccc(NC(=O)Cc4ccc(OC)c(OC)c4)cc3)C(C)=O)cc2OC)cc1. The van der Waals surface area contributed by atoms with Crippen molar-refractivity contribution in [2.75, 3.05) is 33.3 Å². The van der Waals surface area contributed by atoms with Gasteiger partial charge in [-0.25, -0.2) is 4.79 Å². The van der Waals surface area contributed by atoms with Crippen LogP contribution in [0.25, 0.3) is 0 Å². The van der Waals surface area contributed by atoms with Crippen LogP contribution in [0.3, 0.4) is 0 Å². The molecule has 0 bridgehead atoms. The van der Waals surface area contributed by atoms with Crippen LogP contribution >= 0.6 is 0 Å². The van der Waals surface area contributed by atoms with Gasteiger partial charge >= 0.3 is 5.97 Å². The highest BCUT2D eigenvalue weighted by Gasteiger charge is 2.21. The van der Waals surface area contributed by atoms with Crippen molar-refractivity contribution in [3.63, 3.8) is 0 Å². The highest BCUT2D eigenvalue weighted by molar-refractivity contribution is 5.98. The summed E-state index contributed by atoms with van der Waals surface area (Å²) in [6, 6.07) is 22.6. The van der Waals surface area contributed by atoms with Gasteiger partial charge in [-0.2, -0.15) is 0 Å². The number of carbonyl (C=O) groups is 4. The number of hydrogen-bond acceptors (Lipinski definition) is 9. The van der Waals surface area contributed by atoms with Crippen LogP contribution in [0.2, 0.25) is 0 Å². The first-order chi connectivity index (χ1) is 25.6. The summed E-state index contributed by atoms with van der Waals surface area (Å²) in [5.41, 5.74) is 2.62. The van der Waals surface area contributed by atoms with Gasteiger partial charge in [-0.05, 0) is 104 Å². The molecule has 0 radical (unpaired) electrons. The Morgan fingerprint density at radius 1 is 0.660 bits per heavy atom. The Morgan fingerprint density at radius 3 is 1.92 bits per heavy atom. The summed E-state index contributed by atoms with van der Waals surface area (Å²) in [6.45, 7) is 4.21. The quantitative estimate of drug-likeness (QED) is 0.0543. The van der Waals surface area contributed by atoms with Crippen molar-refractivity contribution in [2.45, 2.75) is 64.8 Å². The van der Waals surface area contributed by atoms with Gasteiger partial charge in [-0.3, -0.25) is 14.4 Å². The topological polar surface area (TPSA) is 138 Å². The molecule has 11 heteroatoms. The minimum absolute atomic E-state index is 0.111. The molecule has 2 N–H and O–H groups in total. The van der Waals surface area contributed by atoms with Gasteiger partial charge in [-0.15, -0.1) is 0 Å². The lowest BCUT2D eigenvalue weighted by atomic mass is 10.0. The number of unbranched alkanes of at least 4 members (excludes halogenated alkanes) is 4. The van der Waals surface area contributed by atoms with E-state index in [1.54, 1.807) is 92.0 Å². The number of hydrogen-bond donors (Lipinski definition) is 2. The van der Waals surface area contributed by atoms with Crippen LogP contribution in [0.4, 0.5) is 5.69 Å². The molecular formula is C42H48N2O9. The second kappa shape index (κ2) is 20.3. The number of anilines is 1. The summed E-state index contributed by atoms with van der Waals surface area (Å²) < 4.78 is 27.5. The number of amides is 2. The fourth-order valence-corrected chi connectivity index (χ4v) is 5.52. The summed E-state index contributed by atoms with van der Waals surface area (Å²) in [4.78, 5) is 51.3. The number of ether oxygens (including phenoxy) is 5. The van der Waals surface area contributed by atoms with Crippen LogP contribution in [-0.2, 0) is 22.4 Å². The van der Waals surface area contributed by atoms with E-state index in [2.05, 4.69) is 17.6 Å². The number of Topliss-reactive ketones (excluding diaryl/α,β-unsaturated/α-hetero) is 1. The van der Waals surface area contributed by atoms with Crippen molar-refractivity contribution in [3.8, 4) is 28.7 Å². The van der Waals surface area contributed by atoms with E-state index in [0.717, 1.165) is 18.4 Å². The zero-order chi connectivity index (χ0) is 38.2. The molecule has 0 aliphatic carbocycles. The van der Waals surface area contributed by atoms with Crippen molar-refractivity contribution in [1.29, 1.82) is 0 Å². The molecule has 0 heterocycles. The predicted molar refractivity (Wildman–Crippen MR) is 203 cm³/mol. The highest BCUT2D eigenvalue weighted by Crippen LogP contribution is 2.30. The maximum atomic E-state index is 13.1. The van der Waals surface area contributed by atoms with Gasteiger partial charge in [-0.1, -0.05) is 44.7 Å². The van der Waals surface area contributed by atoms with E-state index >= 15 is 0 Å². The van der Waals surface area contributed by atoms with E-state index in [-0.39, 0.29) is 30.3 Å². The molecule has 11 nitrogen and oxygen atoms in total. The molecule has 0 fully saturated rings. The smallest absolute Gasteiger partial charge is 0.343 e. The number of methoxy groups -OCH3 is 3. The number of esters is 1. The maximum Gasteiger partial charge on any atom is 0.343 e. The van der Waals surface area contributed by atoms with Crippen molar-refractivity contribution in [3.05, 3.63) is 107 Å². The average molecular weight is 725 g/mol. The summed E-state index contributed by atoms with van der Waals surface area (Å²) in [5.74, 6) is 0.815. The Hall–Kier alpha value is -5.84. The van der Waals surface area contributed by atoms with Crippen LogP contribution in [0, 0.1) is 0 Å². The molecule has 4 aromatic carbocycles. The summed E-state index contributed by atoms with van der Waals surface area (Å²) in [5, 5.41) is 5.61. The van der Waals surface area contributed by atoms with Gasteiger partial charge in [0.25, 0.3) is 5.91 Å². The van der Waals surface area contributed by atoms with Gasteiger partial charge in [0.05, 0.1) is 46.0 Å². The van der Waals surface area contributed by atoms with Crippen LogP contribution < -0.4 is 34.3 Å². The predicted octanol–water partition coefficient (Wildman–Crippen LogP) is 7.39. The lowest BCUT2D eigenvalue weighted by Crippen LogP contribution is -2.41. The third-order valence-electron chi connectivity index (χ3n) is 8.52. The van der Waals surface area contributed by atoms with E-state index < -0.39 is 17.9 Å². The van der Waals surface area contributed by atoms with Gasteiger partial charge in [0.2, 0.25) is 5.91 Å². The number of carbonyl (C=O) groups excluding carboxylic acids is 4. The molecule has 53 heavy (non-hydrogen) atoms. The maximum absolute atomic E-state index is 13.1. The Bertz CT molecular complexity index is 1840. The molecule has 0 aliphatic heterocycles. The second-order valence-corrected chi connectivity index (χ2v) is 12.5. The van der Waals surface area contributed by atoms with Crippen LogP contribution in [0.5, 0.6) is 28.7 Å². The molecule has 0 aliphatic rings. The third-order valence-corrected chi connectivity index (χ3v) is 8.52. The molecule has 0 aromatic heterocycles. The lowest BCUT2D eigenvalue weighted by Gasteiger charge is -2.17. The zero-order valence-corrected chi connectivity index (χ0v) is 31.0. The van der Waals surface area contributed by atoms with E-state index in [4.69, 9.17) is 23.7 Å². The van der Waals surface area contributed by atoms with Crippen molar-refractivity contribution < 1.29 is 42.9 Å². The Balaban J connectivity index is 1.30.